The van der Waals surface area contributed by atoms with E-state index in [4.69, 9.17) is 0 Å². The highest BCUT2D eigenvalue weighted by molar-refractivity contribution is 5.92. The van der Waals surface area contributed by atoms with Gasteiger partial charge in [0.25, 0.3) is 5.91 Å². The first-order chi connectivity index (χ1) is 11.3. The van der Waals surface area contributed by atoms with Crippen LogP contribution in [0.1, 0.15) is 41.0 Å². The van der Waals surface area contributed by atoms with E-state index in [0.717, 1.165) is 18.6 Å². The van der Waals surface area contributed by atoms with Crippen molar-refractivity contribution in [3.63, 3.8) is 0 Å². The van der Waals surface area contributed by atoms with Crippen LogP contribution in [-0.4, -0.2) is 32.3 Å². The Kier molecular flexibility index (Phi) is 4.06. The van der Waals surface area contributed by atoms with Crippen molar-refractivity contribution in [1.29, 1.82) is 0 Å². The van der Waals surface area contributed by atoms with E-state index < -0.39 is 11.7 Å². The monoisotopic (exact) mass is 338 g/mol. The van der Waals surface area contributed by atoms with Gasteiger partial charge in [-0.15, -0.1) is 5.10 Å². The van der Waals surface area contributed by atoms with Crippen LogP contribution in [0.2, 0.25) is 0 Å². The van der Waals surface area contributed by atoms with Gasteiger partial charge in [-0.05, 0) is 30.0 Å². The van der Waals surface area contributed by atoms with Crippen LogP contribution in [0, 0.1) is 5.92 Å². The summed E-state index contributed by atoms with van der Waals surface area (Å²) in [6, 6.07) is 4.78. The zero-order chi connectivity index (χ0) is 17.5. The second kappa shape index (κ2) is 5.92. The van der Waals surface area contributed by atoms with Gasteiger partial charge in [0, 0.05) is 13.6 Å². The molecule has 0 bridgehead atoms. The minimum Gasteiger partial charge on any atom is -0.330 e. The van der Waals surface area contributed by atoms with Crippen molar-refractivity contribution < 1.29 is 18.0 Å². The summed E-state index contributed by atoms with van der Waals surface area (Å²) in [5.41, 5.74) is 0.378. The highest BCUT2D eigenvalue weighted by Gasteiger charge is 2.37. The molecule has 0 unspecified atom stereocenters. The van der Waals surface area contributed by atoms with E-state index in [0.29, 0.717) is 17.8 Å². The molecule has 0 saturated carbocycles. The highest BCUT2D eigenvalue weighted by atomic mass is 19.4. The number of carbonyl (C=O) groups excluding carboxylic acids is 1. The number of halogens is 3. The predicted octanol–water partition coefficient (Wildman–Crippen LogP) is 3.06. The zero-order valence-electron chi connectivity index (χ0n) is 13.3. The van der Waals surface area contributed by atoms with Crippen molar-refractivity contribution in [1.82, 2.24) is 19.9 Å². The maximum Gasteiger partial charge on any atom is 0.416 e. The van der Waals surface area contributed by atoms with E-state index in [1.54, 1.807) is 11.9 Å². The lowest BCUT2D eigenvalue weighted by Gasteiger charge is -2.27. The number of aromatic nitrogens is 3. The number of rotatable bonds is 2. The Morgan fingerprint density at radius 2 is 1.92 bits per heavy atom. The summed E-state index contributed by atoms with van der Waals surface area (Å²) in [6.45, 7) is 2.55. The number of hydrogen-bond donors (Lipinski definition) is 0. The van der Waals surface area contributed by atoms with Crippen LogP contribution in [0.15, 0.2) is 30.5 Å². The Labute approximate surface area is 137 Å². The molecule has 0 spiro atoms. The van der Waals surface area contributed by atoms with E-state index in [9.17, 15) is 18.0 Å². The molecule has 1 aromatic heterocycles. The van der Waals surface area contributed by atoms with Gasteiger partial charge in [-0.2, -0.15) is 13.2 Å². The average molecular weight is 338 g/mol. The first kappa shape index (κ1) is 16.5. The third-order valence-corrected chi connectivity index (χ3v) is 4.47. The summed E-state index contributed by atoms with van der Waals surface area (Å²) >= 11 is 0. The van der Waals surface area contributed by atoms with Crippen LogP contribution in [0.5, 0.6) is 0 Å². The minimum absolute atomic E-state index is 0.159. The van der Waals surface area contributed by atoms with Crippen molar-refractivity contribution in [3.8, 4) is 0 Å². The lowest BCUT2D eigenvalue weighted by Crippen LogP contribution is -2.33. The smallest absolute Gasteiger partial charge is 0.330 e. The molecule has 24 heavy (non-hydrogen) atoms. The number of aryl methyl sites for hydroxylation is 1. The van der Waals surface area contributed by atoms with Crippen LogP contribution in [-0.2, 0) is 13.2 Å². The second-order valence-electron chi connectivity index (χ2n) is 6.07. The number of benzene rings is 1. The third-order valence-electron chi connectivity index (χ3n) is 4.47. The number of likely N-dealkylation sites (tertiary alicyclic amines) is 1. The second-order valence-corrected chi connectivity index (χ2v) is 6.07. The van der Waals surface area contributed by atoms with Gasteiger partial charge < -0.3 is 4.90 Å². The van der Waals surface area contributed by atoms with Gasteiger partial charge in [0.2, 0.25) is 0 Å². The van der Waals surface area contributed by atoms with Crippen LogP contribution < -0.4 is 0 Å². The van der Waals surface area contributed by atoms with Crippen molar-refractivity contribution in [2.24, 2.45) is 13.0 Å². The molecule has 1 aromatic carbocycles. The summed E-state index contributed by atoms with van der Waals surface area (Å²) in [5, 5.41) is 7.47. The average Bonchev–Trinajstić information content (AvgIpc) is 3.12. The van der Waals surface area contributed by atoms with Crippen LogP contribution in [0.4, 0.5) is 13.2 Å². The summed E-state index contributed by atoms with van der Waals surface area (Å²) < 4.78 is 39.6. The van der Waals surface area contributed by atoms with Gasteiger partial charge >= 0.3 is 6.18 Å². The van der Waals surface area contributed by atoms with Gasteiger partial charge in [0.05, 0.1) is 17.8 Å². The third kappa shape index (κ3) is 2.88. The fraction of sp³-hybridized carbons (Fsp3) is 0.438. The molecule has 2 atom stereocenters. The van der Waals surface area contributed by atoms with Crippen molar-refractivity contribution in [2.45, 2.75) is 25.6 Å². The molecular formula is C16H17F3N4O. The SMILES string of the molecule is C[C@@H]1CCN(C(=O)c2cnnn2C)[C@@H]1c1ccc(C(F)(F)F)cc1. The van der Waals surface area contributed by atoms with E-state index >= 15 is 0 Å². The van der Waals surface area contributed by atoms with Crippen molar-refractivity contribution >= 4 is 5.91 Å². The Bertz CT molecular complexity index is 739. The molecule has 5 nitrogen and oxygen atoms in total. The molecule has 2 aromatic rings. The number of alkyl halides is 3. The highest BCUT2D eigenvalue weighted by Crippen LogP contribution is 2.39. The molecule has 1 saturated heterocycles. The Hall–Kier alpha value is -2.38. The molecule has 8 heteroatoms. The lowest BCUT2D eigenvalue weighted by atomic mass is 9.94. The molecule has 1 amide bonds. The number of carbonyl (C=O) groups is 1. The molecule has 3 rings (SSSR count). The van der Waals surface area contributed by atoms with Gasteiger partial charge in [0.1, 0.15) is 5.69 Å². The standard InChI is InChI=1S/C16H17F3N4O/c1-10-7-8-23(15(24)13-9-20-21-22(13)2)14(10)11-3-5-12(6-4-11)16(17,18)19/h3-6,9-10,14H,7-8H2,1-2H3/t10-,14+/m1/s1. The number of nitrogens with zero attached hydrogens (tertiary/aromatic N) is 4. The van der Waals surface area contributed by atoms with Gasteiger partial charge in [-0.25, -0.2) is 4.68 Å². The van der Waals surface area contributed by atoms with E-state index in [1.165, 1.54) is 23.0 Å². The van der Waals surface area contributed by atoms with E-state index in [2.05, 4.69) is 10.3 Å². The quantitative estimate of drug-likeness (QED) is 0.846. The minimum atomic E-state index is -4.37. The van der Waals surface area contributed by atoms with Crippen LogP contribution in [0.3, 0.4) is 0 Å². The molecule has 1 aliphatic heterocycles. The number of hydrogen-bond acceptors (Lipinski definition) is 3. The van der Waals surface area contributed by atoms with Crippen LogP contribution in [0.25, 0.3) is 0 Å². The van der Waals surface area contributed by atoms with E-state index in [-0.39, 0.29) is 17.9 Å². The van der Waals surface area contributed by atoms with Gasteiger partial charge in [-0.1, -0.05) is 24.3 Å². The van der Waals surface area contributed by atoms with Gasteiger partial charge in [0.15, 0.2) is 0 Å². The Morgan fingerprint density at radius 1 is 1.25 bits per heavy atom. The summed E-state index contributed by atoms with van der Waals surface area (Å²) in [7, 11) is 1.63. The zero-order valence-corrected chi connectivity index (χ0v) is 13.3. The molecule has 0 aliphatic carbocycles. The first-order valence-electron chi connectivity index (χ1n) is 7.62. The molecule has 0 radical (unpaired) electrons. The van der Waals surface area contributed by atoms with Crippen molar-refractivity contribution in [2.75, 3.05) is 6.54 Å². The maximum atomic E-state index is 12.7. The molecule has 2 heterocycles. The Morgan fingerprint density at radius 3 is 2.46 bits per heavy atom. The number of amides is 1. The summed E-state index contributed by atoms with van der Waals surface area (Å²) in [6.07, 6.45) is -2.17. The molecule has 0 N–H and O–H groups in total. The Balaban J connectivity index is 1.90. The van der Waals surface area contributed by atoms with Crippen LogP contribution >= 0.6 is 0 Å². The molecule has 128 valence electrons. The summed E-state index contributed by atoms with van der Waals surface area (Å²) in [4.78, 5) is 14.4. The first-order valence-corrected chi connectivity index (χ1v) is 7.62. The fourth-order valence-electron chi connectivity index (χ4n) is 3.18. The van der Waals surface area contributed by atoms with Crippen molar-refractivity contribution in [3.05, 3.63) is 47.3 Å². The maximum absolute atomic E-state index is 12.7. The molecule has 1 fully saturated rings. The topological polar surface area (TPSA) is 51.0 Å². The summed E-state index contributed by atoms with van der Waals surface area (Å²) in [5.74, 6) is -0.0522. The molecule has 1 aliphatic rings. The predicted molar refractivity (Wildman–Crippen MR) is 80.0 cm³/mol. The molecular weight excluding hydrogens is 321 g/mol. The normalized spacial score (nSPS) is 21.3. The largest absolute Gasteiger partial charge is 0.416 e. The van der Waals surface area contributed by atoms with E-state index in [1.807, 2.05) is 6.92 Å². The van der Waals surface area contributed by atoms with Gasteiger partial charge in [-0.3, -0.25) is 4.79 Å². The fourth-order valence-corrected chi connectivity index (χ4v) is 3.18. The lowest BCUT2D eigenvalue weighted by molar-refractivity contribution is -0.137.